The highest BCUT2D eigenvalue weighted by Gasteiger charge is 2.14. The highest BCUT2D eigenvalue weighted by atomic mass is 16.1. The molecule has 138 valence electrons. The number of carbonyl (C=O) groups excluding carboxylic acids is 1. The third-order valence-electron chi connectivity index (χ3n) is 4.87. The molecule has 0 bridgehead atoms. The smallest absolute Gasteiger partial charge is 0.252 e. The molecule has 0 radical (unpaired) electrons. The summed E-state index contributed by atoms with van der Waals surface area (Å²) in [7, 11) is 0. The molecule has 0 atom stereocenters. The zero-order valence-corrected chi connectivity index (χ0v) is 16.1. The van der Waals surface area contributed by atoms with Crippen molar-refractivity contribution in [2.24, 2.45) is 0 Å². The van der Waals surface area contributed by atoms with Gasteiger partial charge in [-0.1, -0.05) is 78.4 Å². The molecular formula is C25H22N2O. The fourth-order valence-corrected chi connectivity index (χ4v) is 3.40. The Kier molecular flexibility index (Phi) is 4.90. The summed E-state index contributed by atoms with van der Waals surface area (Å²) >= 11 is 0. The van der Waals surface area contributed by atoms with Crippen molar-refractivity contribution in [3.63, 3.8) is 0 Å². The molecule has 0 aliphatic rings. The number of aryl methyl sites for hydroxylation is 2. The first-order chi connectivity index (χ1) is 13.6. The largest absolute Gasteiger partial charge is 0.348 e. The number of para-hydroxylation sites is 1. The van der Waals surface area contributed by atoms with Crippen LogP contribution in [0.3, 0.4) is 0 Å². The molecule has 0 unspecified atom stereocenters. The van der Waals surface area contributed by atoms with E-state index in [-0.39, 0.29) is 5.91 Å². The van der Waals surface area contributed by atoms with Gasteiger partial charge in [-0.3, -0.25) is 9.78 Å². The molecule has 1 N–H and O–H groups in total. The molecule has 28 heavy (non-hydrogen) atoms. The Morgan fingerprint density at radius 1 is 0.893 bits per heavy atom. The van der Waals surface area contributed by atoms with Crippen LogP contribution in [0.5, 0.6) is 0 Å². The van der Waals surface area contributed by atoms with Crippen molar-refractivity contribution >= 4 is 16.8 Å². The SMILES string of the molecule is Cc1ccc(-c2cccc3c(C(=O)NCc4ccccc4)cc(C)nc23)cc1. The van der Waals surface area contributed by atoms with Crippen LogP contribution in [0.4, 0.5) is 0 Å². The van der Waals surface area contributed by atoms with Gasteiger partial charge < -0.3 is 5.32 Å². The third kappa shape index (κ3) is 3.65. The number of fused-ring (bicyclic) bond motifs is 1. The fourth-order valence-electron chi connectivity index (χ4n) is 3.40. The van der Waals surface area contributed by atoms with Gasteiger partial charge in [0.1, 0.15) is 0 Å². The van der Waals surface area contributed by atoms with Crippen molar-refractivity contribution in [3.05, 3.63) is 101 Å². The predicted octanol–water partition coefficient (Wildman–Crippen LogP) is 5.45. The van der Waals surface area contributed by atoms with E-state index >= 15 is 0 Å². The van der Waals surface area contributed by atoms with E-state index in [9.17, 15) is 4.79 Å². The normalized spacial score (nSPS) is 10.8. The van der Waals surface area contributed by atoms with Gasteiger partial charge in [0.05, 0.1) is 11.1 Å². The van der Waals surface area contributed by atoms with Gasteiger partial charge in [0.25, 0.3) is 5.91 Å². The van der Waals surface area contributed by atoms with Gasteiger partial charge in [-0.25, -0.2) is 0 Å². The van der Waals surface area contributed by atoms with Gasteiger partial charge >= 0.3 is 0 Å². The molecule has 0 aliphatic heterocycles. The lowest BCUT2D eigenvalue weighted by Gasteiger charge is -2.12. The van der Waals surface area contributed by atoms with Crippen LogP contribution < -0.4 is 5.32 Å². The zero-order chi connectivity index (χ0) is 19.5. The van der Waals surface area contributed by atoms with Crippen LogP contribution in [0, 0.1) is 13.8 Å². The van der Waals surface area contributed by atoms with Gasteiger partial charge in [-0.2, -0.15) is 0 Å². The van der Waals surface area contributed by atoms with Crippen LogP contribution in [0.1, 0.15) is 27.2 Å². The van der Waals surface area contributed by atoms with Crippen LogP contribution in [0.25, 0.3) is 22.0 Å². The van der Waals surface area contributed by atoms with Gasteiger partial charge in [-0.05, 0) is 31.0 Å². The average molecular weight is 366 g/mol. The van der Waals surface area contributed by atoms with E-state index in [0.717, 1.165) is 33.3 Å². The summed E-state index contributed by atoms with van der Waals surface area (Å²) < 4.78 is 0. The van der Waals surface area contributed by atoms with E-state index in [1.54, 1.807) is 0 Å². The molecule has 0 fully saturated rings. The molecule has 0 spiro atoms. The van der Waals surface area contributed by atoms with Crippen LogP contribution in [0.2, 0.25) is 0 Å². The molecule has 0 saturated heterocycles. The molecule has 4 rings (SSSR count). The minimum absolute atomic E-state index is 0.0830. The number of pyridine rings is 1. The third-order valence-corrected chi connectivity index (χ3v) is 4.87. The first kappa shape index (κ1) is 17.9. The first-order valence-electron chi connectivity index (χ1n) is 9.41. The molecule has 0 saturated carbocycles. The van der Waals surface area contributed by atoms with Crippen molar-refractivity contribution in [2.75, 3.05) is 0 Å². The summed E-state index contributed by atoms with van der Waals surface area (Å²) in [6.07, 6.45) is 0. The number of hydrogen-bond donors (Lipinski definition) is 1. The maximum atomic E-state index is 12.9. The van der Waals surface area contributed by atoms with Crippen molar-refractivity contribution < 1.29 is 4.79 Å². The Morgan fingerprint density at radius 2 is 1.64 bits per heavy atom. The Balaban J connectivity index is 1.74. The molecule has 4 aromatic rings. The summed E-state index contributed by atoms with van der Waals surface area (Å²) in [5, 5.41) is 3.90. The summed E-state index contributed by atoms with van der Waals surface area (Å²) in [5.74, 6) is -0.0830. The second kappa shape index (κ2) is 7.65. The Hall–Kier alpha value is -3.46. The zero-order valence-electron chi connectivity index (χ0n) is 16.1. The Labute approximate surface area is 165 Å². The molecule has 3 nitrogen and oxygen atoms in total. The van der Waals surface area contributed by atoms with E-state index in [1.807, 2.05) is 55.5 Å². The van der Waals surface area contributed by atoms with Crippen molar-refractivity contribution in [3.8, 4) is 11.1 Å². The van der Waals surface area contributed by atoms with Gasteiger partial charge in [-0.15, -0.1) is 0 Å². The molecule has 1 amide bonds. The van der Waals surface area contributed by atoms with Crippen molar-refractivity contribution in [1.82, 2.24) is 10.3 Å². The van der Waals surface area contributed by atoms with Gasteiger partial charge in [0, 0.05) is 23.2 Å². The molecule has 0 aliphatic carbocycles. The summed E-state index contributed by atoms with van der Waals surface area (Å²) in [5.41, 5.74) is 6.78. The highest BCUT2D eigenvalue weighted by molar-refractivity contribution is 6.09. The van der Waals surface area contributed by atoms with Crippen molar-refractivity contribution in [2.45, 2.75) is 20.4 Å². The standard InChI is InChI=1S/C25H22N2O/c1-17-11-13-20(14-12-17)21-9-6-10-22-23(15-18(2)27-24(21)22)25(28)26-16-19-7-4-3-5-8-19/h3-15H,16H2,1-2H3,(H,26,28). The molecule has 1 heterocycles. The van der Waals surface area contributed by atoms with E-state index in [0.29, 0.717) is 12.1 Å². The van der Waals surface area contributed by atoms with Gasteiger partial charge in [0.15, 0.2) is 0 Å². The van der Waals surface area contributed by atoms with E-state index in [4.69, 9.17) is 4.98 Å². The summed E-state index contributed by atoms with van der Waals surface area (Å²) in [6.45, 7) is 4.50. The summed E-state index contributed by atoms with van der Waals surface area (Å²) in [4.78, 5) is 17.7. The number of benzene rings is 3. The van der Waals surface area contributed by atoms with Gasteiger partial charge in [0.2, 0.25) is 0 Å². The van der Waals surface area contributed by atoms with E-state index in [1.165, 1.54) is 5.56 Å². The van der Waals surface area contributed by atoms with E-state index in [2.05, 4.69) is 42.6 Å². The Morgan fingerprint density at radius 3 is 2.39 bits per heavy atom. The lowest BCUT2D eigenvalue weighted by Crippen LogP contribution is -2.23. The monoisotopic (exact) mass is 366 g/mol. The predicted molar refractivity (Wildman–Crippen MR) is 114 cm³/mol. The summed E-state index contributed by atoms with van der Waals surface area (Å²) in [6, 6.07) is 26.2. The second-order valence-electron chi connectivity index (χ2n) is 7.05. The first-order valence-corrected chi connectivity index (χ1v) is 9.41. The Bertz CT molecular complexity index is 1130. The lowest BCUT2D eigenvalue weighted by atomic mass is 9.98. The minimum atomic E-state index is -0.0830. The minimum Gasteiger partial charge on any atom is -0.348 e. The highest BCUT2D eigenvalue weighted by Crippen LogP contribution is 2.30. The number of amides is 1. The molecule has 3 aromatic carbocycles. The number of rotatable bonds is 4. The van der Waals surface area contributed by atoms with Crippen molar-refractivity contribution in [1.29, 1.82) is 0 Å². The second-order valence-corrected chi connectivity index (χ2v) is 7.05. The quantitative estimate of drug-likeness (QED) is 0.522. The number of nitrogens with one attached hydrogen (secondary N) is 1. The lowest BCUT2D eigenvalue weighted by molar-refractivity contribution is 0.0952. The molecule has 3 heteroatoms. The van der Waals surface area contributed by atoms with Crippen LogP contribution in [0.15, 0.2) is 78.9 Å². The maximum absolute atomic E-state index is 12.9. The molecule has 1 aromatic heterocycles. The number of nitrogens with zero attached hydrogens (tertiary/aromatic N) is 1. The van der Waals surface area contributed by atoms with E-state index < -0.39 is 0 Å². The van der Waals surface area contributed by atoms with Crippen LogP contribution in [-0.2, 0) is 6.54 Å². The fraction of sp³-hybridized carbons (Fsp3) is 0.120. The topological polar surface area (TPSA) is 42.0 Å². The number of aromatic nitrogens is 1. The van der Waals surface area contributed by atoms with Crippen LogP contribution in [-0.4, -0.2) is 10.9 Å². The maximum Gasteiger partial charge on any atom is 0.252 e. The average Bonchev–Trinajstić information content (AvgIpc) is 2.72. The number of carbonyl (C=O) groups is 1. The molecular weight excluding hydrogens is 344 g/mol. The van der Waals surface area contributed by atoms with Crippen LogP contribution >= 0.6 is 0 Å². The number of hydrogen-bond acceptors (Lipinski definition) is 2.